The minimum atomic E-state index is -0.346. The zero-order valence-corrected chi connectivity index (χ0v) is 10.9. The molecule has 3 nitrogen and oxygen atoms in total. The van der Waals surface area contributed by atoms with Crippen LogP contribution in [0.5, 0.6) is 0 Å². The van der Waals surface area contributed by atoms with E-state index < -0.39 is 0 Å². The lowest BCUT2D eigenvalue weighted by Gasteiger charge is -2.25. The molecule has 0 saturated carbocycles. The fourth-order valence-corrected chi connectivity index (χ4v) is 1.84. The Morgan fingerprint density at radius 2 is 1.74 bits per heavy atom. The average Bonchev–Trinajstić information content (AvgIpc) is 2.46. The van der Waals surface area contributed by atoms with Gasteiger partial charge < -0.3 is 4.90 Å². The Morgan fingerprint density at radius 3 is 2.32 bits per heavy atom. The summed E-state index contributed by atoms with van der Waals surface area (Å²) in [6.07, 6.45) is 3.39. The van der Waals surface area contributed by atoms with Gasteiger partial charge in [0.1, 0.15) is 5.82 Å². The first-order chi connectivity index (χ1) is 9.09. The summed E-state index contributed by atoms with van der Waals surface area (Å²) in [5, 5.41) is 0. The minimum absolute atomic E-state index is 0.0689. The van der Waals surface area contributed by atoms with E-state index in [1.54, 1.807) is 24.3 Å². The number of carbonyl (C=O) groups is 1. The third-order valence-electron chi connectivity index (χ3n) is 3.18. The SMILES string of the molecule is CC(c1ccncc1)N(C)C(=O)c1ccc(F)cc1. The number of pyridine rings is 1. The molecule has 0 fully saturated rings. The van der Waals surface area contributed by atoms with Crippen LogP contribution >= 0.6 is 0 Å². The standard InChI is InChI=1S/C15H15FN2O/c1-11(12-7-9-17-10-8-12)18(2)15(19)13-3-5-14(16)6-4-13/h3-11H,1-2H3. The molecule has 0 aliphatic carbocycles. The number of halogens is 1. The normalized spacial score (nSPS) is 11.9. The zero-order valence-electron chi connectivity index (χ0n) is 10.9. The Kier molecular flexibility index (Phi) is 3.90. The Morgan fingerprint density at radius 1 is 1.16 bits per heavy atom. The molecule has 4 heteroatoms. The van der Waals surface area contributed by atoms with Gasteiger partial charge in [-0.25, -0.2) is 4.39 Å². The molecular weight excluding hydrogens is 243 g/mol. The highest BCUT2D eigenvalue weighted by molar-refractivity contribution is 5.94. The van der Waals surface area contributed by atoms with E-state index in [4.69, 9.17) is 0 Å². The molecule has 0 aliphatic rings. The van der Waals surface area contributed by atoms with Crippen LogP contribution in [-0.4, -0.2) is 22.8 Å². The fourth-order valence-electron chi connectivity index (χ4n) is 1.84. The van der Waals surface area contributed by atoms with E-state index >= 15 is 0 Å². The molecule has 98 valence electrons. The van der Waals surface area contributed by atoms with Crippen LogP contribution < -0.4 is 0 Å². The average molecular weight is 258 g/mol. The van der Waals surface area contributed by atoms with Crippen molar-refractivity contribution in [2.45, 2.75) is 13.0 Å². The van der Waals surface area contributed by atoms with Crippen molar-refractivity contribution in [1.82, 2.24) is 9.88 Å². The number of aromatic nitrogens is 1. The number of nitrogens with zero attached hydrogens (tertiary/aromatic N) is 2. The molecule has 1 amide bonds. The molecule has 19 heavy (non-hydrogen) atoms. The molecule has 1 aromatic carbocycles. The van der Waals surface area contributed by atoms with Crippen LogP contribution in [0.2, 0.25) is 0 Å². The van der Waals surface area contributed by atoms with Crippen LogP contribution in [0.4, 0.5) is 4.39 Å². The number of hydrogen-bond donors (Lipinski definition) is 0. The van der Waals surface area contributed by atoms with Gasteiger partial charge in [-0.1, -0.05) is 0 Å². The van der Waals surface area contributed by atoms with Crippen molar-refractivity contribution in [1.29, 1.82) is 0 Å². The number of rotatable bonds is 3. The Bertz CT molecular complexity index is 554. The van der Waals surface area contributed by atoms with Crippen LogP contribution in [0.15, 0.2) is 48.8 Å². The van der Waals surface area contributed by atoms with Crippen molar-refractivity contribution in [3.63, 3.8) is 0 Å². The van der Waals surface area contributed by atoms with Crippen molar-refractivity contribution in [3.8, 4) is 0 Å². The highest BCUT2D eigenvalue weighted by Gasteiger charge is 2.18. The van der Waals surface area contributed by atoms with Gasteiger partial charge in [0, 0.05) is 25.0 Å². The molecule has 1 unspecified atom stereocenters. The molecule has 1 atom stereocenters. The van der Waals surface area contributed by atoms with Crippen molar-refractivity contribution >= 4 is 5.91 Å². The van der Waals surface area contributed by atoms with Gasteiger partial charge in [0.25, 0.3) is 5.91 Å². The van der Waals surface area contributed by atoms with Gasteiger partial charge >= 0.3 is 0 Å². The molecule has 0 spiro atoms. The van der Waals surface area contributed by atoms with E-state index in [9.17, 15) is 9.18 Å². The maximum Gasteiger partial charge on any atom is 0.254 e. The molecule has 1 heterocycles. The van der Waals surface area contributed by atoms with Gasteiger partial charge in [0.2, 0.25) is 0 Å². The van der Waals surface area contributed by atoms with Crippen molar-refractivity contribution in [2.75, 3.05) is 7.05 Å². The first-order valence-electron chi connectivity index (χ1n) is 6.02. The van der Waals surface area contributed by atoms with Crippen molar-refractivity contribution in [3.05, 3.63) is 65.7 Å². The maximum absolute atomic E-state index is 12.8. The number of amides is 1. The Labute approximate surface area is 111 Å². The maximum atomic E-state index is 12.8. The van der Waals surface area contributed by atoms with E-state index in [0.717, 1.165) is 5.56 Å². The van der Waals surface area contributed by atoms with E-state index in [-0.39, 0.29) is 17.8 Å². The highest BCUT2D eigenvalue weighted by atomic mass is 19.1. The topological polar surface area (TPSA) is 33.2 Å². The largest absolute Gasteiger partial charge is 0.335 e. The second-order valence-corrected chi connectivity index (χ2v) is 4.38. The molecule has 0 saturated heterocycles. The predicted molar refractivity (Wildman–Crippen MR) is 71.1 cm³/mol. The summed E-state index contributed by atoms with van der Waals surface area (Å²) in [6.45, 7) is 1.94. The van der Waals surface area contributed by atoms with Gasteiger partial charge in [-0.2, -0.15) is 0 Å². The van der Waals surface area contributed by atoms with Crippen LogP contribution in [-0.2, 0) is 0 Å². The molecule has 1 aromatic heterocycles. The molecule has 2 rings (SSSR count). The minimum Gasteiger partial charge on any atom is -0.335 e. The van der Waals surface area contributed by atoms with Gasteiger partial charge in [-0.15, -0.1) is 0 Å². The molecular formula is C15H15FN2O. The summed E-state index contributed by atoms with van der Waals surface area (Å²) >= 11 is 0. The van der Waals surface area contributed by atoms with E-state index in [0.29, 0.717) is 5.56 Å². The Balaban J connectivity index is 2.17. The van der Waals surface area contributed by atoms with Crippen molar-refractivity contribution < 1.29 is 9.18 Å². The monoisotopic (exact) mass is 258 g/mol. The quantitative estimate of drug-likeness (QED) is 0.847. The fraction of sp³-hybridized carbons (Fsp3) is 0.200. The smallest absolute Gasteiger partial charge is 0.254 e. The second-order valence-electron chi connectivity index (χ2n) is 4.38. The number of hydrogen-bond acceptors (Lipinski definition) is 2. The molecule has 0 bridgehead atoms. The highest BCUT2D eigenvalue weighted by Crippen LogP contribution is 2.19. The zero-order chi connectivity index (χ0) is 13.8. The summed E-state index contributed by atoms with van der Waals surface area (Å²) in [6, 6.07) is 9.25. The van der Waals surface area contributed by atoms with Crippen LogP contribution in [0, 0.1) is 5.82 Å². The van der Waals surface area contributed by atoms with Gasteiger partial charge in [0.05, 0.1) is 6.04 Å². The van der Waals surface area contributed by atoms with E-state index in [1.807, 2.05) is 19.1 Å². The molecule has 0 N–H and O–H groups in total. The molecule has 0 radical (unpaired) electrons. The summed E-state index contributed by atoms with van der Waals surface area (Å²) in [5.74, 6) is -0.481. The number of carbonyl (C=O) groups excluding carboxylic acids is 1. The van der Waals surface area contributed by atoms with Crippen molar-refractivity contribution in [2.24, 2.45) is 0 Å². The second kappa shape index (κ2) is 5.61. The summed E-state index contributed by atoms with van der Waals surface area (Å²) in [4.78, 5) is 17.8. The first-order valence-corrected chi connectivity index (χ1v) is 6.02. The lowest BCUT2D eigenvalue weighted by molar-refractivity contribution is 0.0742. The Hall–Kier alpha value is -2.23. The molecule has 0 aliphatic heterocycles. The van der Waals surface area contributed by atoms with Crippen LogP contribution in [0.1, 0.15) is 28.9 Å². The third kappa shape index (κ3) is 2.96. The first kappa shape index (κ1) is 13.2. The summed E-state index contributed by atoms with van der Waals surface area (Å²) in [5.41, 5.74) is 1.48. The van der Waals surface area contributed by atoms with Gasteiger partial charge in [0.15, 0.2) is 0 Å². The van der Waals surface area contributed by atoms with Crippen LogP contribution in [0.3, 0.4) is 0 Å². The van der Waals surface area contributed by atoms with Gasteiger partial charge in [-0.05, 0) is 48.9 Å². The van der Waals surface area contributed by atoms with Gasteiger partial charge in [-0.3, -0.25) is 9.78 Å². The number of benzene rings is 1. The lowest BCUT2D eigenvalue weighted by atomic mass is 10.1. The van der Waals surface area contributed by atoms with E-state index in [1.165, 1.54) is 24.3 Å². The predicted octanol–water partition coefficient (Wildman–Crippen LogP) is 3.05. The van der Waals surface area contributed by atoms with E-state index in [2.05, 4.69) is 4.98 Å². The summed E-state index contributed by atoms with van der Waals surface area (Å²) < 4.78 is 12.8. The van der Waals surface area contributed by atoms with Crippen LogP contribution in [0.25, 0.3) is 0 Å². The summed E-state index contributed by atoms with van der Waals surface area (Å²) in [7, 11) is 1.73. The third-order valence-corrected chi connectivity index (χ3v) is 3.18. The molecule has 2 aromatic rings. The lowest BCUT2D eigenvalue weighted by Crippen LogP contribution is -2.29.